The summed E-state index contributed by atoms with van der Waals surface area (Å²) in [5.41, 5.74) is 2.46. The van der Waals surface area contributed by atoms with Crippen molar-refractivity contribution in [1.29, 1.82) is 0 Å². The average Bonchev–Trinajstić information content (AvgIpc) is 2.39. The monoisotopic (exact) mass is 248 g/mol. The fourth-order valence-corrected chi connectivity index (χ4v) is 1.59. The summed E-state index contributed by atoms with van der Waals surface area (Å²) >= 11 is 0. The third-order valence-electron chi connectivity index (χ3n) is 2.65. The highest BCUT2D eigenvalue weighted by molar-refractivity contribution is 5.79. The van der Waals surface area contributed by atoms with Crippen molar-refractivity contribution in [3.05, 3.63) is 29.8 Å². The predicted octanol–water partition coefficient (Wildman–Crippen LogP) is 1.83. The second-order valence-electron chi connectivity index (χ2n) is 4.42. The fourth-order valence-electron chi connectivity index (χ4n) is 1.59. The van der Waals surface area contributed by atoms with Crippen LogP contribution in [0, 0.1) is 0 Å². The molecule has 18 heavy (non-hydrogen) atoms. The van der Waals surface area contributed by atoms with E-state index in [0.717, 1.165) is 25.5 Å². The van der Waals surface area contributed by atoms with Gasteiger partial charge in [0, 0.05) is 39.9 Å². The summed E-state index contributed by atoms with van der Waals surface area (Å²) < 4.78 is 0. The van der Waals surface area contributed by atoms with Crippen LogP contribution in [0.1, 0.15) is 18.9 Å². The number of benzene rings is 1. The van der Waals surface area contributed by atoms with Crippen LogP contribution in [0.2, 0.25) is 0 Å². The van der Waals surface area contributed by atoms with Crippen LogP contribution in [0.4, 0.5) is 5.69 Å². The zero-order valence-corrected chi connectivity index (χ0v) is 11.8. The third-order valence-corrected chi connectivity index (χ3v) is 2.65. The van der Waals surface area contributed by atoms with E-state index >= 15 is 0 Å². The molecule has 0 aliphatic rings. The lowest BCUT2D eigenvalue weighted by Crippen LogP contribution is -2.37. The van der Waals surface area contributed by atoms with Crippen molar-refractivity contribution in [3.63, 3.8) is 0 Å². The van der Waals surface area contributed by atoms with Crippen molar-refractivity contribution in [2.24, 2.45) is 4.99 Å². The number of nitrogens with zero attached hydrogens (tertiary/aromatic N) is 2. The topological polar surface area (TPSA) is 39.7 Å². The maximum absolute atomic E-state index is 4.18. The molecule has 1 rings (SSSR count). The van der Waals surface area contributed by atoms with Crippen molar-refractivity contribution in [1.82, 2.24) is 10.6 Å². The van der Waals surface area contributed by atoms with Gasteiger partial charge in [0.25, 0.3) is 0 Å². The Morgan fingerprint density at radius 1 is 1.28 bits per heavy atom. The number of nitrogens with one attached hydrogen (secondary N) is 2. The van der Waals surface area contributed by atoms with Gasteiger partial charge < -0.3 is 15.5 Å². The predicted molar refractivity (Wildman–Crippen MR) is 79.3 cm³/mol. The first kappa shape index (κ1) is 14.4. The van der Waals surface area contributed by atoms with Gasteiger partial charge in [-0.2, -0.15) is 0 Å². The molecule has 0 unspecified atom stereocenters. The minimum atomic E-state index is 0.783. The maximum Gasteiger partial charge on any atom is 0.191 e. The van der Waals surface area contributed by atoms with E-state index in [1.54, 1.807) is 7.05 Å². The first-order valence-electron chi connectivity index (χ1n) is 6.38. The number of hydrogen-bond donors (Lipinski definition) is 2. The Kier molecular flexibility index (Phi) is 6.05. The molecule has 0 bridgehead atoms. The molecular weight excluding hydrogens is 224 g/mol. The summed E-state index contributed by atoms with van der Waals surface area (Å²) in [5, 5.41) is 6.56. The quantitative estimate of drug-likeness (QED) is 0.617. The summed E-state index contributed by atoms with van der Waals surface area (Å²) in [4.78, 5) is 6.29. The molecule has 100 valence electrons. The van der Waals surface area contributed by atoms with E-state index < -0.39 is 0 Å². The molecule has 0 aliphatic carbocycles. The Bertz CT molecular complexity index is 385. The molecule has 0 atom stereocenters. The number of hydrogen-bond acceptors (Lipinski definition) is 2. The fraction of sp³-hybridized carbons (Fsp3) is 0.500. The molecule has 4 heteroatoms. The summed E-state index contributed by atoms with van der Waals surface area (Å²) in [7, 11) is 5.89. The molecule has 0 heterocycles. The molecule has 1 aromatic rings. The smallest absolute Gasteiger partial charge is 0.191 e. The van der Waals surface area contributed by atoms with E-state index in [1.165, 1.54) is 11.3 Å². The number of aliphatic imine (C=N–C) groups is 1. The Morgan fingerprint density at radius 3 is 2.67 bits per heavy atom. The van der Waals surface area contributed by atoms with Gasteiger partial charge in [-0.05, 0) is 24.1 Å². The van der Waals surface area contributed by atoms with Crippen LogP contribution >= 0.6 is 0 Å². The standard InChI is InChI=1S/C14H24N4/c1-5-9-16-14(15-2)17-11-12-7-6-8-13(10-12)18(3)4/h6-8,10H,5,9,11H2,1-4H3,(H2,15,16,17). The zero-order chi connectivity index (χ0) is 13.4. The van der Waals surface area contributed by atoms with Crippen molar-refractivity contribution in [3.8, 4) is 0 Å². The van der Waals surface area contributed by atoms with Crippen LogP contribution in [-0.2, 0) is 6.54 Å². The molecule has 0 saturated carbocycles. The maximum atomic E-state index is 4.18. The van der Waals surface area contributed by atoms with Gasteiger partial charge in [0.05, 0.1) is 0 Å². The van der Waals surface area contributed by atoms with Gasteiger partial charge in [-0.3, -0.25) is 4.99 Å². The van der Waals surface area contributed by atoms with Gasteiger partial charge in [-0.15, -0.1) is 0 Å². The number of guanidine groups is 1. The normalized spacial score (nSPS) is 11.2. The van der Waals surface area contributed by atoms with Crippen molar-refractivity contribution < 1.29 is 0 Å². The van der Waals surface area contributed by atoms with Crippen LogP contribution in [0.25, 0.3) is 0 Å². The lowest BCUT2D eigenvalue weighted by Gasteiger charge is -2.15. The molecule has 0 fully saturated rings. The highest BCUT2D eigenvalue weighted by Gasteiger charge is 1.99. The van der Waals surface area contributed by atoms with E-state index in [1.807, 2.05) is 14.1 Å². The molecule has 0 saturated heterocycles. The number of anilines is 1. The minimum Gasteiger partial charge on any atom is -0.378 e. The molecule has 0 radical (unpaired) electrons. The summed E-state index contributed by atoms with van der Waals surface area (Å²) in [6.07, 6.45) is 1.09. The molecular formula is C14H24N4. The van der Waals surface area contributed by atoms with Gasteiger partial charge in [0.2, 0.25) is 0 Å². The summed E-state index contributed by atoms with van der Waals surface area (Å²) in [5.74, 6) is 0.854. The molecule has 0 aliphatic heterocycles. The van der Waals surface area contributed by atoms with Crippen LogP contribution in [0.3, 0.4) is 0 Å². The third kappa shape index (κ3) is 4.65. The first-order chi connectivity index (χ1) is 8.67. The second kappa shape index (κ2) is 7.58. The highest BCUT2D eigenvalue weighted by Crippen LogP contribution is 2.12. The minimum absolute atomic E-state index is 0.783. The van der Waals surface area contributed by atoms with Gasteiger partial charge in [-0.25, -0.2) is 0 Å². The van der Waals surface area contributed by atoms with Crippen LogP contribution in [0.5, 0.6) is 0 Å². The Hall–Kier alpha value is -1.71. The van der Waals surface area contributed by atoms with Gasteiger partial charge in [0.15, 0.2) is 5.96 Å². The van der Waals surface area contributed by atoms with Crippen molar-refractivity contribution in [2.45, 2.75) is 19.9 Å². The van der Waals surface area contributed by atoms with Crippen LogP contribution in [0.15, 0.2) is 29.3 Å². The average molecular weight is 248 g/mol. The highest BCUT2D eigenvalue weighted by atomic mass is 15.2. The van der Waals surface area contributed by atoms with Gasteiger partial charge in [-0.1, -0.05) is 19.1 Å². The van der Waals surface area contributed by atoms with E-state index in [9.17, 15) is 0 Å². The second-order valence-corrected chi connectivity index (χ2v) is 4.42. The Morgan fingerprint density at radius 2 is 2.06 bits per heavy atom. The van der Waals surface area contributed by atoms with Gasteiger partial charge in [0.1, 0.15) is 0 Å². The summed E-state index contributed by atoms with van der Waals surface area (Å²) in [6, 6.07) is 8.48. The van der Waals surface area contributed by atoms with Gasteiger partial charge >= 0.3 is 0 Å². The summed E-state index contributed by atoms with van der Waals surface area (Å²) in [6.45, 7) is 3.86. The van der Waals surface area contributed by atoms with Crippen molar-refractivity contribution in [2.75, 3.05) is 32.6 Å². The largest absolute Gasteiger partial charge is 0.378 e. The molecule has 2 N–H and O–H groups in total. The van der Waals surface area contributed by atoms with E-state index in [2.05, 4.69) is 51.7 Å². The van der Waals surface area contributed by atoms with E-state index in [-0.39, 0.29) is 0 Å². The number of rotatable bonds is 5. The Labute approximate surface area is 110 Å². The Balaban J connectivity index is 2.54. The van der Waals surface area contributed by atoms with Crippen LogP contribution in [-0.4, -0.2) is 33.6 Å². The van der Waals surface area contributed by atoms with E-state index in [4.69, 9.17) is 0 Å². The molecule has 0 spiro atoms. The first-order valence-corrected chi connectivity index (χ1v) is 6.38. The molecule has 1 aromatic carbocycles. The molecule has 0 aromatic heterocycles. The molecule has 0 amide bonds. The zero-order valence-electron chi connectivity index (χ0n) is 11.8. The van der Waals surface area contributed by atoms with Crippen molar-refractivity contribution >= 4 is 11.6 Å². The lowest BCUT2D eigenvalue weighted by molar-refractivity contribution is 0.781. The molecule has 4 nitrogen and oxygen atoms in total. The van der Waals surface area contributed by atoms with Crippen LogP contribution < -0.4 is 15.5 Å². The van der Waals surface area contributed by atoms with E-state index in [0.29, 0.717) is 0 Å². The lowest BCUT2D eigenvalue weighted by atomic mass is 10.2. The SMILES string of the molecule is CCCNC(=NC)NCc1cccc(N(C)C)c1.